The van der Waals surface area contributed by atoms with Gasteiger partial charge in [-0.1, -0.05) is 36.4 Å². The van der Waals surface area contributed by atoms with Gasteiger partial charge >= 0.3 is 0 Å². The number of hydrogen-bond acceptors (Lipinski definition) is 3. The molecule has 0 aliphatic rings. The fourth-order valence-corrected chi connectivity index (χ4v) is 3.47. The van der Waals surface area contributed by atoms with E-state index < -0.39 is 0 Å². The van der Waals surface area contributed by atoms with Crippen LogP contribution in [0.2, 0.25) is 0 Å². The van der Waals surface area contributed by atoms with Crippen LogP contribution >= 0.6 is 11.3 Å². The van der Waals surface area contributed by atoms with Crippen molar-refractivity contribution in [1.29, 1.82) is 0 Å². The summed E-state index contributed by atoms with van der Waals surface area (Å²) in [5, 5.41) is 6.36. The number of aryl methyl sites for hydroxylation is 1. The van der Waals surface area contributed by atoms with Crippen LogP contribution in [-0.4, -0.2) is 19.1 Å². The summed E-state index contributed by atoms with van der Waals surface area (Å²) in [6.45, 7) is 2.64. The number of amides is 1. The highest BCUT2D eigenvalue weighted by Gasteiger charge is 2.06. The Morgan fingerprint density at radius 2 is 1.91 bits per heavy atom. The van der Waals surface area contributed by atoms with E-state index in [1.807, 2.05) is 43.3 Å². The van der Waals surface area contributed by atoms with Crippen LogP contribution in [0.25, 0.3) is 10.1 Å². The minimum atomic E-state index is -0.0900. The molecule has 1 N–H and O–H groups in total. The third-order valence-corrected chi connectivity index (χ3v) is 4.74. The lowest BCUT2D eigenvalue weighted by molar-refractivity contribution is -0.123. The van der Waals surface area contributed by atoms with E-state index in [1.165, 1.54) is 15.6 Å². The van der Waals surface area contributed by atoms with E-state index in [1.54, 1.807) is 11.3 Å². The van der Waals surface area contributed by atoms with E-state index >= 15 is 0 Å². The molecule has 0 fully saturated rings. The third kappa shape index (κ3) is 3.90. The first-order chi connectivity index (χ1) is 11.2. The van der Waals surface area contributed by atoms with Crippen LogP contribution in [0, 0.1) is 6.92 Å². The first-order valence-electron chi connectivity index (χ1n) is 7.64. The molecule has 2 aromatic carbocycles. The molecule has 3 nitrogen and oxygen atoms in total. The highest BCUT2D eigenvalue weighted by molar-refractivity contribution is 7.17. The highest BCUT2D eigenvalue weighted by atomic mass is 32.1. The zero-order chi connectivity index (χ0) is 16.1. The van der Waals surface area contributed by atoms with Crippen molar-refractivity contribution in [2.24, 2.45) is 0 Å². The van der Waals surface area contributed by atoms with E-state index in [2.05, 4.69) is 22.8 Å². The van der Waals surface area contributed by atoms with E-state index in [0.717, 1.165) is 17.7 Å². The minimum Gasteiger partial charge on any atom is -0.484 e. The van der Waals surface area contributed by atoms with Gasteiger partial charge in [-0.15, -0.1) is 11.3 Å². The maximum absolute atomic E-state index is 11.9. The fraction of sp³-hybridized carbons (Fsp3) is 0.211. The Hall–Kier alpha value is -2.33. The van der Waals surface area contributed by atoms with Gasteiger partial charge < -0.3 is 10.1 Å². The molecule has 3 rings (SSSR count). The molecule has 0 atom stereocenters. The number of thiophene rings is 1. The van der Waals surface area contributed by atoms with Crippen LogP contribution in [0.4, 0.5) is 0 Å². The van der Waals surface area contributed by atoms with Gasteiger partial charge in [0.25, 0.3) is 5.91 Å². The molecule has 0 aliphatic heterocycles. The maximum Gasteiger partial charge on any atom is 0.257 e. The van der Waals surface area contributed by atoms with Crippen LogP contribution in [-0.2, 0) is 11.2 Å². The maximum atomic E-state index is 11.9. The Kier molecular flexibility index (Phi) is 4.93. The monoisotopic (exact) mass is 325 g/mol. The molecule has 118 valence electrons. The molecule has 3 aromatic rings. The lowest BCUT2D eigenvalue weighted by Gasteiger charge is -2.09. The molecule has 0 bridgehead atoms. The van der Waals surface area contributed by atoms with Gasteiger partial charge in [-0.2, -0.15) is 0 Å². The van der Waals surface area contributed by atoms with Gasteiger partial charge in [0, 0.05) is 11.2 Å². The molecule has 0 saturated carbocycles. The van der Waals surface area contributed by atoms with Crippen molar-refractivity contribution in [1.82, 2.24) is 5.32 Å². The lowest BCUT2D eigenvalue weighted by atomic mass is 10.1. The molecule has 0 unspecified atom stereocenters. The number of carbonyl (C=O) groups excluding carboxylic acids is 1. The van der Waals surface area contributed by atoms with Crippen LogP contribution in [0.15, 0.2) is 53.9 Å². The van der Waals surface area contributed by atoms with Crippen molar-refractivity contribution >= 4 is 27.3 Å². The largest absolute Gasteiger partial charge is 0.484 e. The molecule has 0 aliphatic carbocycles. The first kappa shape index (κ1) is 15.6. The van der Waals surface area contributed by atoms with Gasteiger partial charge in [-0.05, 0) is 47.4 Å². The lowest BCUT2D eigenvalue weighted by Crippen LogP contribution is -2.30. The second-order valence-corrected chi connectivity index (χ2v) is 6.32. The van der Waals surface area contributed by atoms with Crippen LogP contribution in [0.5, 0.6) is 5.75 Å². The number of hydrogen-bond donors (Lipinski definition) is 1. The quantitative estimate of drug-likeness (QED) is 0.745. The first-order valence-corrected chi connectivity index (χ1v) is 8.52. The van der Waals surface area contributed by atoms with Gasteiger partial charge in [0.2, 0.25) is 0 Å². The average Bonchev–Trinajstić information content (AvgIpc) is 2.98. The minimum absolute atomic E-state index is 0.0508. The zero-order valence-electron chi connectivity index (χ0n) is 13.0. The number of fused-ring (bicyclic) bond motifs is 1. The zero-order valence-corrected chi connectivity index (χ0v) is 13.9. The number of para-hydroxylation sites is 1. The summed E-state index contributed by atoms with van der Waals surface area (Å²) in [6.07, 6.45) is 0.833. The molecule has 1 amide bonds. The Morgan fingerprint density at radius 3 is 2.78 bits per heavy atom. The SMILES string of the molecule is Cc1ccccc1OCC(=O)NCCc1csc2ccccc12. The van der Waals surface area contributed by atoms with Crippen molar-refractivity contribution in [3.63, 3.8) is 0 Å². The predicted molar refractivity (Wildman–Crippen MR) is 95.2 cm³/mol. The average molecular weight is 325 g/mol. The predicted octanol–water partition coefficient (Wildman–Crippen LogP) is 3.95. The molecule has 0 radical (unpaired) electrons. The Morgan fingerprint density at radius 1 is 1.13 bits per heavy atom. The molecule has 1 heterocycles. The van der Waals surface area contributed by atoms with Crippen molar-refractivity contribution < 1.29 is 9.53 Å². The van der Waals surface area contributed by atoms with Crippen molar-refractivity contribution in [2.75, 3.05) is 13.2 Å². The van der Waals surface area contributed by atoms with Crippen LogP contribution in [0.3, 0.4) is 0 Å². The van der Waals surface area contributed by atoms with Gasteiger partial charge in [0.15, 0.2) is 6.61 Å². The van der Waals surface area contributed by atoms with Crippen molar-refractivity contribution in [3.8, 4) is 5.75 Å². The Balaban J connectivity index is 1.47. The normalized spacial score (nSPS) is 10.7. The molecular weight excluding hydrogens is 306 g/mol. The van der Waals surface area contributed by atoms with Gasteiger partial charge in [0.05, 0.1) is 0 Å². The summed E-state index contributed by atoms with van der Waals surface area (Å²) in [7, 11) is 0. The Labute approximate surface area is 139 Å². The topological polar surface area (TPSA) is 38.3 Å². The summed E-state index contributed by atoms with van der Waals surface area (Å²) < 4.78 is 6.84. The van der Waals surface area contributed by atoms with Gasteiger partial charge in [0.1, 0.15) is 5.75 Å². The fourth-order valence-electron chi connectivity index (χ4n) is 2.48. The van der Waals surface area contributed by atoms with E-state index in [9.17, 15) is 4.79 Å². The molecule has 4 heteroatoms. The smallest absolute Gasteiger partial charge is 0.257 e. The molecule has 23 heavy (non-hydrogen) atoms. The second kappa shape index (κ2) is 7.29. The second-order valence-electron chi connectivity index (χ2n) is 5.41. The number of carbonyl (C=O) groups is 1. The number of benzene rings is 2. The van der Waals surface area contributed by atoms with Crippen LogP contribution < -0.4 is 10.1 Å². The number of ether oxygens (including phenoxy) is 1. The van der Waals surface area contributed by atoms with Crippen molar-refractivity contribution in [3.05, 3.63) is 65.0 Å². The summed E-state index contributed by atoms with van der Waals surface area (Å²) in [4.78, 5) is 11.9. The number of rotatable bonds is 6. The Bertz CT molecular complexity index is 810. The molecule has 0 saturated heterocycles. The molecular formula is C19H19NO2S. The third-order valence-electron chi connectivity index (χ3n) is 3.73. The van der Waals surface area contributed by atoms with Gasteiger partial charge in [-0.3, -0.25) is 4.79 Å². The number of nitrogens with one attached hydrogen (secondary N) is 1. The van der Waals surface area contributed by atoms with E-state index in [0.29, 0.717) is 6.54 Å². The summed E-state index contributed by atoms with van der Waals surface area (Å²) in [5.74, 6) is 0.666. The summed E-state index contributed by atoms with van der Waals surface area (Å²) in [5.41, 5.74) is 2.32. The van der Waals surface area contributed by atoms with Crippen molar-refractivity contribution in [2.45, 2.75) is 13.3 Å². The molecule has 0 spiro atoms. The van der Waals surface area contributed by atoms with Gasteiger partial charge in [-0.25, -0.2) is 0 Å². The summed E-state index contributed by atoms with van der Waals surface area (Å²) in [6, 6.07) is 16.0. The van der Waals surface area contributed by atoms with E-state index in [4.69, 9.17) is 4.74 Å². The highest BCUT2D eigenvalue weighted by Crippen LogP contribution is 2.25. The van der Waals surface area contributed by atoms with Crippen LogP contribution in [0.1, 0.15) is 11.1 Å². The molecule has 1 aromatic heterocycles. The van der Waals surface area contributed by atoms with E-state index in [-0.39, 0.29) is 12.5 Å². The summed E-state index contributed by atoms with van der Waals surface area (Å²) >= 11 is 1.74. The standard InChI is InChI=1S/C19H19NO2S/c1-14-6-2-4-8-17(14)22-12-19(21)20-11-10-15-13-23-18-9-5-3-7-16(15)18/h2-9,13H,10-12H2,1H3,(H,20,21).